The molecule has 0 saturated heterocycles. The van der Waals surface area contributed by atoms with Crippen molar-refractivity contribution in [3.05, 3.63) is 21.9 Å². The molecule has 1 unspecified atom stereocenters. The molecule has 2 N–H and O–H groups in total. The largest absolute Gasteiger partial charge is 0.352 e. The molecule has 92 valence electrons. The summed E-state index contributed by atoms with van der Waals surface area (Å²) in [6.45, 7) is 4.79. The van der Waals surface area contributed by atoms with E-state index < -0.39 is 0 Å². The van der Waals surface area contributed by atoms with Crippen molar-refractivity contribution in [2.24, 2.45) is 0 Å². The molecule has 0 fully saturated rings. The summed E-state index contributed by atoms with van der Waals surface area (Å²) in [6, 6.07) is 4.36. The van der Waals surface area contributed by atoms with Crippen LogP contribution in [-0.2, 0) is 11.2 Å². The molecular formula is C13H18N2OS. The molecule has 1 heterocycles. The van der Waals surface area contributed by atoms with Crippen molar-refractivity contribution >= 4 is 17.2 Å². The van der Waals surface area contributed by atoms with E-state index in [0.717, 1.165) is 6.42 Å². The zero-order valence-corrected chi connectivity index (χ0v) is 11.1. The molecule has 1 aromatic rings. The number of nitrogens with one attached hydrogen (secondary N) is 2. The SMILES string of the molecule is C#CCNCC(=O)NC(C)Cc1ccc(C)s1. The van der Waals surface area contributed by atoms with E-state index in [9.17, 15) is 4.79 Å². The average Bonchev–Trinajstić information content (AvgIpc) is 2.64. The summed E-state index contributed by atoms with van der Waals surface area (Å²) in [4.78, 5) is 14.1. The van der Waals surface area contributed by atoms with Gasteiger partial charge >= 0.3 is 0 Å². The van der Waals surface area contributed by atoms with Crippen molar-refractivity contribution < 1.29 is 4.79 Å². The minimum atomic E-state index is -0.0129. The number of carbonyl (C=O) groups is 1. The Morgan fingerprint density at radius 3 is 2.94 bits per heavy atom. The standard InChI is InChI=1S/C13H18N2OS/c1-4-7-14-9-13(16)15-10(2)8-12-6-5-11(3)17-12/h1,5-6,10,14H,7-9H2,2-3H3,(H,15,16). The second kappa shape index (κ2) is 7.10. The molecule has 0 saturated carbocycles. The Bertz CT molecular complexity index is 406. The molecule has 0 aliphatic heterocycles. The van der Waals surface area contributed by atoms with Gasteiger partial charge in [0.05, 0.1) is 13.1 Å². The normalized spacial score (nSPS) is 11.8. The molecule has 17 heavy (non-hydrogen) atoms. The Morgan fingerprint density at radius 2 is 2.35 bits per heavy atom. The monoisotopic (exact) mass is 250 g/mol. The lowest BCUT2D eigenvalue weighted by molar-refractivity contribution is -0.120. The average molecular weight is 250 g/mol. The maximum atomic E-state index is 11.5. The van der Waals surface area contributed by atoms with E-state index in [0.29, 0.717) is 6.54 Å². The Morgan fingerprint density at radius 1 is 1.59 bits per heavy atom. The number of carbonyl (C=O) groups excluding carboxylic acids is 1. The van der Waals surface area contributed by atoms with E-state index in [4.69, 9.17) is 6.42 Å². The van der Waals surface area contributed by atoms with E-state index in [2.05, 4.69) is 35.6 Å². The predicted octanol–water partition coefficient (Wildman–Crippen LogP) is 1.33. The predicted molar refractivity (Wildman–Crippen MR) is 72.1 cm³/mol. The first-order valence-electron chi connectivity index (χ1n) is 5.60. The third kappa shape index (κ3) is 5.53. The quantitative estimate of drug-likeness (QED) is 0.591. The molecule has 3 nitrogen and oxygen atoms in total. The molecule has 1 rings (SSSR count). The van der Waals surface area contributed by atoms with Crippen molar-refractivity contribution in [1.29, 1.82) is 0 Å². The molecule has 0 radical (unpaired) electrons. The fraction of sp³-hybridized carbons (Fsp3) is 0.462. The number of hydrogen-bond donors (Lipinski definition) is 2. The highest BCUT2D eigenvalue weighted by Gasteiger charge is 2.08. The minimum Gasteiger partial charge on any atom is -0.352 e. The van der Waals surface area contributed by atoms with Gasteiger partial charge in [-0.25, -0.2) is 0 Å². The fourth-order valence-corrected chi connectivity index (χ4v) is 2.54. The number of thiophene rings is 1. The van der Waals surface area contributed by atoms with Gasteiger partial charge in [0.15, 0.2) is 0 Å². The Balaban J connectivity index is 2.27. The molecule has 1 atom stereocenters. The highest BCUT2D eigenvalue weighted by Crippen LogP contribution is 2.16. The fourth-order valence-electron chi connectivity index (χ4n) is 1.52. The van der Waals surface area contributed by atoms with Crippen LogP contribution in [0.1, 0.15) is 16.7 Å². The summed E-state index contributed by atoms with van der Waals surface area (Å²) in [7, 11) is 0. The van der Waals surface area contributed by atoms with Crippen LogP contribution in [0.3, 0.4) is 0 Å². The van der Waals surface area contributed by atoms with Crippen LogP contribution < -0.4 is 10.6 Å². The first-order chi connectivity index (χ1) is 8.11. The van der Waals surface area contributed by atoms with Gasteiger partial charge in [-0.05, 0) is 26.0 Å². The Labute approximate surface area is 107 Å². The van der Waals surface area contributed by atoms with Gasteiger partial charge in [-0.15, -0.1) is 17.8 Å². The van der Waals surface area contributed by atoms with E-state index in [1.807, 2.05) is 6.92 Å². The number of amides is 1. The molecule has 0 aromatic carbocycles. The maximum absolute atomic E-state index is 11.5. The number of terminal acetylenes is 1. The lowest BCUT2D eigenvalue weighted by atomic mass is 10.2. The topological polar surface area (TPSA) is 41.1 Å². The lowest BCUT2D eigenvalue weighted by Gasteiger charge is -2.12. The van der Waals surface area contributed by atoms with Gasteiger partial charge < -0.3 is 5.32 Å². The van der Waals surface area contributed by atoms with Crippen molar-refractivity contribution in [3.63, 3.8) is 0 Å². The van der Waals surface area contributed by atoms with Gasteiger partial charge in [0.2, 0.25) is 5.91 Å². The molecule has 1 amide bonds. The highest BCUT2D eigenvalue weighted by atomic mass is 32.1. The molecule has 0 spiro atoms. The summed E-state index contributed by atoms with van der Waals surface area (Å²) >= 11 is 1.77. The first-order valence-corrected chi connectivity index (χ1v) is 6.42. The summed E-state index contributed by atoms with van der Waals surface area (Å²) < 4.78 is 0. The van der Waals surface area contributed by atoms with Crippen LogP contribution in [0.15, 0.2) is 12.1 Å². The molecular weight excluding hydrogens is 232 g/mol. The van der Waals surface area contributed by atoms with Crippen molar-refractivity contribution in [2.45, 2.75) is 26.3 Å². The zero-order chi connectivity index (χ0) is 12.7. The van der Waals surface area contributed by atoms with Crippen molar-refractivity contribution in [1.82, 2.24) is 10.6 Å². The van der Waals surface area contributed by atoms with Crippen LogP contribution in [0.4, 0.5) is 0 Å². The summed E-state index contributed by atoms with van der Waals surface area (Å²) in [5.41, 5.74) is 0. The number of aryl methyl sites for hydroxylation is 1. The maximum Gasteiger partial charge on any atom is 0.234 e. The van der Waals surface area contributed by atoms with E-state index >= 15 is 0 Å². The van der Waals surface area contributed by atoms with Crippen LogP contribution in [0.25, 0.3) is 0 Å². The van der Waals surface area contributed by atoms with Crippen LogP contribution in [0.5, 0.6) is 0 Å². The smallest absolute Gasteiger partial charge is 0.234 e. The Kier molecular flexibility index (Phi) is 5.75. The van der Waals surface area contributed by atoms with E-state index in [1.54, 1.807) is 11.3 Å². The van der Waals surface area contributed by atoms with Crippen molar-refractivity contribution in [3.8, 4) is 12.3 Å². The number of hydrogen-bond acceptors (Lipinski definition) is 3. The zero-order valence-electron chi connectivity index (χ0n) is 10.2. The van der Waals surface area contributed by atoms with Crippen LogP contribution in [-0.4, -0.2) is 25.0 Å². The molecule has 0 bridgehead atoms. The lowest BCUT2D eigenvalue weighted by Crippen LogP contribution is -2.39. The van der Waals surface area contributed by atoms with Crippen LogP contribution in [0, 0.1) is 19.3 Å². The third-order valence-electron chi connectivity index (χ3n) is 2.22. The molecule has 0 aliphatic carbocycles. The summed E-state index contributed by atoms with van der Waals surface area (Å²) in [6.07, 6.45) is 5.95. The van der Waals surface area contributed by atoms with Gasteiger partial charge in [-0.3, -0.25) is 10.1 Å². The van der Waals surface area contributed by atoms with E-state index in [-0.39, 0.29) is 18.5 Å². The Hall–Kier alpha value is -1.31. The first kappa shape index (κ1) is 13.8. The molecule has 0 aliphatic rings. The molecule has 1 aromatic heterocycles. The summed E-state index contributed by atoms with van der Waals surface area (Å²) in [5.74, 6) is 2.42. The third-order valence-corrected chi connectivity index (χ3v) is 3.25. The van der Waals surface area contributed by atoms with Gasteiger partial charge in [-0.2, -0.15) is 0 Å². The highest BCUT2D eigenvalue weighted by molar-refractivity contribution is 7.11. The minimum absolute atomic E-state index is 0.0129. The van der Waals surface area contributed by atoms with E-state index in [1.165, 1.54) is 9.75 Å². The molecule has 4 heteroatoms. The number of rotatable bonds is 6. The van der Waals surface area contributed by atoms with Crippen LogP contribution in [0.2, 0.25) is 0 Å². The second-order valence-electron chi connectivity index (χ2n) is 3.99. The second-order valence-corrected chi connectivity index (χ2v) is 5.37. The summed E-state index contributed by atoms with van der Waals surface area (Å²) in [5, 5.41) is 5.80. The van der Waals surface area contributed by atoms with Gasteiger partial charge in [0.25, 0.3) is 0 Å². The van der Waals surface area contributed by atoms with Gasteiger partial charge in [0.1, 0.15) is 0 Å². The van der Waals surface area contributed by atoms with Crippen LogP contribution >= 0.6 is 11.3 Å². The van der Waals surface area contributed by atoms with Gasteiger partial charge in [-0.1, -0.05) is 5.92 Å². The van der Waals surface area contributed by atoms with Crippen molar-refractivity contribution in [2.75, 3.05) is 13.1 Å². The van der Waals surface area contributed by atoms with Gasteiger partial charge in [0, 0.05) is 22.2 Å².